The number of rotatable bonds is 4. The van der Waals surface area contributed by atoms with E-state index in [-0.39, 0.29) is 5.91 Å². The molecule has 19 heavy (non-hydrogen) atoms. The minimum Gasteiger partial charge on any atom is -0.465 e. The van der Waals surface area contributed by atoms with Crippen molar-refractivity contribution in [1.82, 2.24) is 5.32 Å². The van der Waals surface area contributed by atoms with Crippen LogP contribution in [0.1, 0.15) is 25.6 Å². The highest BCUT2D eigenvalue weighted by Crippen LogP contribution is 2.09. The predicted octanol–water partition coefficient (Wildman–Crippen LogP) is 2.46. The number of methoxy groups -OCH3 is 1. The Kier molecular flexibility index (Phi) is 4.30. The first-order chi connectivity index (χ1) is 9.20. The van der Waals surface area contributed by atoms with E-state index in [1.165, 1.54) is 13.2 Å². The molecular weight excluding hydrogens is 262 g/mol. The van der Waals surface area contributed by atoms with Crippen molar-refractivity contribution in [3.8, 4) is 0 Å². The lowest BCUT2D eigenvalue weighted by Gasteiger charge is -2.05. The molecule has 0 radical (unpaired) electrons. The first-order valence-electron chi connectivity index (χ1n) is 5.69. The Hall–Kier alpha value is -2.14. The third-order valence-corrected chi connectivity index (χ3v) is 3.43. The number of carbonyl (C=O) groups excluding carboxylic acids is 2. The van der Waals surface area contributed by atoms with E-state index in [1.54, 1.807) is 29.5 Å². The van der Waals surface area contributed by atoms with Crippen LogP contribution in [0, 0.1) is 0 Å². The number of thiophene rings is 1. The molecule has 0 fully saturated rings. The van der Waals surface area contributed by atoms with E-state index >= 15 is 0 Å². The van der Waals surface area contributed by atoms with E-state index < -0.39 is 5.97 Å². The van der Waals surface area contributed by atoms with Gasteiger partial charge in [-0.15, -0.1) is 11.3 Å². The van der Waals surface area contributed by atoms with Crippen molar-refractivity contribution >= 4 is 23.2 Å². The minimum absolute atomic E-state index is 0.209. The van der Waals surface area contributed by atoms with Gasteiger partial charge in [-0.25, -0.2) is 4.79 Å². The summed E-state index contributed by atoms with van der Waals surface area (Å²) in [5.74, 6) is -0.660. The zero-order chi connectivity index (χ0) is 13.7. The quantitative estimate of drug-likeness (QED) is 0.872. The molecule has 2 rings (SSSR count). The standard InChI is InChI=1S/C14H13NO3S/c1-18-14(17)11-5-2-4-10(8-11)13(16)15-9-12-6-3-7-19-12/h2-8H,9H2,1H3,(H,15,16). The van der Waals surface area contributed by atoms with Crippen LogP contribution in [0.3, 0.4) is 0 Å². The van der Waals surface area contributed by atoms with Gasteiger partial charge in [-0.2, -0.15) is 0 Å². The van der Waals surface area contributed by atoms with Gasteiger partial charge < -0.3 is 10.1 Å². The van der Waals surface area contributed by atoms with Crippen molar-refractivity contribution in [3.63, 3.8) is 0 Å². The van der Waals surface area contributed by atoms with Crippen LogP contribution >= 0.6 is 11.3 Å². The van der Waals surface area contributed by atoms with Crippen LogP contribution in [0.25, 0.3) is 0 Å². The Morgan fingerprint density at radius 2 is 2.00 bits per heavy atom. The SMILES string of the molecule is COC(=O)c1cccc(C(=O)NCc2cccs2)c1. The van der Waals surface area contributed by atoms with Gasteiger partial charge in [-0.3, -0.25) is 4.79 Å². The zero-order valence-corrected chi connectivity index (χ0v) is 11.2. The summed E-state index contributed by atoms with van der Waals surface area (Å²) in [7, 11) is 1.31. The number of amides is 1. The lowest BCUT2D eigenvalue weighted by atomic mass is 10.1. The fraction of sp³-hybridized carbons (Fsp3) is 0.143. The maximum absolute atomic E-state index is 11.9. The molecule has 0 unspecified atom stereocenters. The van der Waals surface area contributed by atoms with E-state index in [1.807, 2.05) is 17.5 Å². The van der Waals surface area contributed by atoms with Gasteiger partial charge in [0.05, 0.1) is 19.2 Å². The average molecular weight is 275 g/mol. The van der Waals surface area contributed by atoms with Crippen LogP contribution in [0.5, 0.6) is 0 Å². The number of hydrogen-bond donors (Lipinski definition) is 1. The third-order valence-electron chi connectivity index (χ3n) is 2.55. The van der Waals surface area contributed by atoms with Gasteiger partial charge >= 0.3 is 5.97 Å². The highest BCUT2D eigenvalue weighted by molar-refractivity contribution is 7.09. The molecule has 1 aromatic heterocycles. The van der Waals surface area contributed by atoms with Gasteiger partial charge in [-0.05, 0) is 29.6 Å². The second kappa shape index (κ2) is 6.15. The number of benzene rings is 1. The van der Waals surface area contributed by atoms with Gasteiger partial charge in [0.1, 0.15) is 0 Å². The van der Waals surface area contributed by atoms with E-state index in [4.69, 9.17) is 0 Å². The molecule has 1 aromatic carbocycles. The molecule has 0 aliphatic rings. The van der Waals surface area contributed by atoms with Crippen molar-refractivity contribution in [1.29, 1.82) is 0 Å². The van der Waals surface area contributed by atoms with Crippen LogP contribution in [-0.2, 0) is 11.3 Å². The van der Waals surface area contributed by atoms with E-state index in [0.29, 0.717) is 17.7 Å². The molecule has 0 aliphatic heterocycles. The van der Waals surface area contributed by atoms with Crippen LogP contribution < -0.4 is 5.32 Å². The highest BCUT2D eigenvalue weighted by Gasteiger charge is 2.10. The molecule has 4 nitrogen and oxygen atoms in total. The lowest BCUT2D eigenvalue weighted by molar-refractivity contribution is 0.0600. The summed E-state index contributed by atoms with van der Waals surface area (Å²) >= 11 is 1.58. The molecule has 5 heteroatoms. The van der Waals surface area contributed by atoms with Gasteiger partial charge in [-0.1, -0.05) is 12.1 Å². The fourth-order valence-corrected chi connectivity index (χ4v) is 2.23. The molecule has 0 saturated heterocycles. The first kappa shape index (κ1) is 13.3. The third kappa shape index (κ3) is 3.42. The molecule has 0 bridgehead atoms. The summed E-state index contributed by atoms with van der Waals surface area (Å²) in [6.07, 6.45) is 0. The van der Waals surface area contributed by atoms with Gasteiger partial charge in [0.2, 0.25) is 0 Å². The molecule has 1 N–H and O–H groups in total. The Bertz CT molecular complexity index is 578. The molecule has 1 amide bonds. The van der Waals surface area contributed by atoms with Crippen LogP contribution in [0.4, 0.5) is 0 Å². The zero-order valence-electron chi connectivity index (χ0n) is 10.4. The van der Waals surface area contributed by atoms with Crippen LogP contribution in [0.15, 0.2) is 41.8 Å². The van der Waals surface area contributed by atoms with Crippen LogP contribution in [0.2, 0.25) is 0 Å². The Labute approximate surface area is 115 Å². The smallest absolute Gasteiger partial charge is 0.337 e. The number of carbonyl (C=O) groups is 2. The van der Waals surface area contributed by atoms with Crippen LogP contribution in [-0.4, -0.2) is 19.0 Å². The summed E-state index contributed by atoms with van der Waals surface area (Å²) in [6, 6.07) is 10.3. The second-order valence-corrected chi connectivity index (χ2v) is 4.87. The normalized spacial score (nSPS) is 9.95. The molecule has 0 aliphatic carbocycles. The largest absolute Gasteiger partial charge is 0.465 e. The average Bonchev–Trinajstić information content (AvgIpc) is 2.97. The van der Waals surface area contributed by atoms with Gasteiger partial charge in [0, 0.05) is 10.4 Å². The second-order valence-electron chi connectivity index (χ2n) is 3.83. The monoisotopic (exact) mass is 275 g/mol. The molecule has 2 aromatic rings. The van der Waals surface area contributed by atoms with Crippen molar-refractivity contribution in [2.24, 2.45) is 0 Å². The number of hydrogen-bond acceptors (Lipinski definition) is 4. The minimum atomic E-state index is -0.451. The van der Waals surface area contributed by atoms with Crippen molar-refractivity contribution < 1.29 is 14.3 Å². The van der Waals surface area contributed by atoms with Gasteiger partial charge in [0.25, 0.3) is 5.91 Å². The molecule has 98 valence electrons. The molecular formula is C14H13NO3S. The summed E-state index contributed by atoms with van der Waals surface area (Å²) in [6.45, 7) is 0.485. The Morgan fingerprint density at radius 3 is 2.68 bits per heavy atom. The molecule has 1 heterocycles. The van der Waals surface area contributed by atoms with Crippen molar-refractivity contribution in [2.45, 2.75) is 6.54 Å². The Balaban J connectivity index is 2.04. The summed E-state index contributed by atoms with van der Waals surface area (Å²) < 4.78 is 4.62. The van der Waals surface area contributed by atoms with E-state index in [9.17, 15) is 9.59 Å². The number of ether oxygens (including phenoxy) is 1. The van der Waals surface area contributed by atoms with Crippen molar-refractivity contribution in [3.05, 3.63) is 57.8 Å². The molecule has 0 spiro atoms. The van der Waals surface area contributed by atoms with E-state index in [0.717, 1.165) is 4.88 Å². The van der Waals surface area contributed by atoms with E-state index in [2.05, 4.69) is 10.1 Å². The van der Waals surface area contributed by atoms with Gasteiger partial charge in [0.15, 0.2) is 0 Å². The Morgan fingerprint density at radius 1 is 1.21 bits per heavy atom. The topological polar surface area (TPSA) is 55.4 Å². The fourth-order valence-electron chi connectivity index (χ4n) is 1.59. The summed E-state index contributed by atoms with van der Waals surface area (Å²) in [5, 5.41) is 4.76. The highest BCUT2D eigenvalue weighted by atomic mass is 32.1. The molecule has 0 saturated carbocycles. The maximum atomic E-state index is 11.9. The summed E-state index contributed by atoms with van der Waals surface area (Å²) in [5.41, 5.74) is 0.811. The first-order valence-corrected chi connectivity index (χ1v) is 6.57. The number of nitrogens with one attached hydrogen (secondary N) is 1. The van der Waals surface area contributed by atoms with Crippen molar-refractivity contribution in [2.75, 3.05) is 7.11 Å². The molecule has 0 atom stereocenters. The summed E-state index contributed by atoms with van der Waals surface area (Å²) in [4.78, 5) is 24.4. The predicted molar refractivity (Wildman–Crippen MR) is 73.3 cm³/mol. The maximum Gasteiger partial charge on any atom is 0.337 e. The lowest BCUT2D eigenvalue weighted by Crippen LogP contribution is -2.22. The number of esters is 1.